The Labute approximate surface area is 211 Å². The summed E-state index contributed by atoms with van der Waals surface area (Å²) in [6.45, 7) is 2.54. The Bertz CT molecular complexity index is 1360. The molecule has 186 valence electrons. The number of amides is 4. The van der Waals surface area contributed by atoms with E-state index in [0.29, 0.717) is 52.2 Å². The number of imide groups is 1. The normalized spacial score (nSPS) is 27.9. The van der Waals surface area contributed by atoms with Gasteiger partial charge in [0.25, 0.3) is 0 Å². The summed E-state index contributed by atoms with van der Waals surface area (Å²) < 4.78 is 11.2. The van der Waals surface area contributed by atoms with Gasteiger partial charge in [0.1, 0.15) is 18.8 Å². The number of hydrogen-bond acceptors (Lipinski definition) is 7. The Hall–Kier alpha value is -3.63. The molecule has 0 radical (unpaired) electrons. The lowest BCUT2D eigenvalue weighted by molar-refractivity contribution is -0.130. The molecule has 11 heteroatoms. The molecule has 4 atom stereocenters. The van der Waals surface area contributed by atoms with Crippen LogP contribution in [0, 0.1) is 18.8 Å². The van der Waals surface area contributed by atoms with Gasteiger partial charge in [0.05, 0.1) is 23.2 Å². The van der Waals surface area contributed by atoms with Crippen LogP contribution < -0.4 is 30.7 Å². The number of halogens is 1. The first kappa shape index (κ1) is 22.8. The second-order valence-corrected chi connectivity index (χ2v) is 9.86. The molecule has 0 unspecified atom stereocenters. The topological polar surface area (TPSA) is 140 Å². The standard InChI is InChI=1S/C25H23ClN4O6/c1-11-14(26)4-3-13-21(11)28-24(34)25(13)20-19(15(29-25)5-7-18(27)31)22(32)30(23(20)33)12-2-6-16-17(10-12)36-9-8-35-16/h2-4,6,10,15,19-20,29H,5,7-9H2,1H3,(H2,27,31)(H,28,34)/t15-,19-,20+,25-/m1/s1. The summed E-state index contributed by atoms with van der Waals surface area (Å²) in [5, 5.41) is 6.63. The van der Waals surface area contributed by atoms with E-state index >= 15 is 0 Å². The smallest absolute Gasteiger partial charge is 0.250 e. The van der Waals surface area contributed by atoms with Gasteiger partial charge < -0.3 is 20.5 Å². The number of carbonyl (C=O) groups excluding carboxylic acids is 4. The number of nitrogens with one attached hydrogen (secondary N) is 2. The average molecular weight is 511 g/mol. The van der Waals surface area contributed by atoms with E-state index in [4.69, 9.17) is 26.8 Å². The molecule has 4 aliphatic heterocycles. The van der Waals surface area contributed by atoms with Crippen molar-refractivity contribution in [1.82, 2.24) is 5.32 Å². The summed E-state index contributed by atoms with van der Waals surface area (Å²) in [5.74, 6) is -2.88. The first-order chi connectivity index (χ1) is 17.2. The molecule has 6 rings (SSSR count). The third-order valence-corrected chi connectivity index (χ3v) is 7.98. The van der Waals surface area contributed by atoms with Gasteiger partial charge in [-0.1, -0.05) is 17.7 Å². The highest BCUT2D eigenvalue weighted by molar-refractivity contribution is 6.32. The van der Waals surface area contributed by atoms with Crippen molar-refractivity contribution >= 4 is 46.6 Å². The van der Waals surface area contributed by atoms with Gasteiger partial charge in [-0.3, -0.25) is 24.5 Å². The number of carbonyl (C=O) groups is 4. The fraction of sp³-hybridized carbons (Fsp3) is 0.360. The van der Waals surface area contributed by atoms with E-state index in [1.54, 1.807) is 37.3 Å². The van der Waals surface area contributed by atoms with Crippen molar-refractivity contribution in [3.05, 3.63) is 46.5 Å². The van der Waals surface area contributed by atoms with Crippen LogP contribution >= 0.6 is 11.6 Å². The number of nitrogens with two attached hydrogens (primary N) is 1. The fourth-order valence-electron chi connectivity index (χ4n) is 5.96. The molecule has 10 nitrogen and oxygen atoms in total. The highest BCUT2D eigenvalue weighted by atomic mass is 35.5. The van der Waals surface area contributed by atoms with Crippen LogP contribution in [0.2, 0.25) is 5.02 Å². The lowest BCUT2D eigenvalue weighted by atomic mass is 9.76. The number of nitrogens with zero attached hydrogens (tertiary/aromatic N) is 1. The molecule has 0 aliphatic carbocycles. The second kappa shape index (κ2) is 7.94. The van der Waals surface area contributed by atoms with Crippen LogP contribution in [0.15, 0.2) is 30.3 Å². The number of anilines is 2. The van der Waals surface area contributed by atoms with Crippen molar-refractivity contribution in [2.45, 2.75) is 31.3 Å². The molecule has 2 fully saturated rings. The van der Waals surface area contributed by atoms with Gasteiger partial charge in [-0.05, 0) is 37.1 Å². The lowest BCUT2D eigenvalue weighted by Crippen LogP contribution is -2.53. The average Bonchev–Trinajstić information content (AvgIpc) is 3.44. The Kier molecular flexibility index (Phi) is 5.03. The van der Waals surface area contributed by atoms with Gasteiger partial charge in [-0.15, -0.1) is 0 Å². The molecule has 4 aliphatic rings. The van der Waals surface area contributed by atoms with Crippen LogP contribution in [-0.4, -0.2) is 42.9 Å². The molecule has 2 aromatic carbocycles. The number of benzene rings is 2. The van der Waals surface area contributed by atoms with Gasteiger partial charge in [-0.25, -0.2) is 4.90 Å². The van der Waals surface area contributed by atoms with Crippen molar-refractivity contribution in [2.24, 2.45) is 17.6 Å². The summed E-state index contributed by atoms with van der Waals surface area (Å²) in [7, 11) is 0. The number of hydrogen-bond donors (Lipinski definition) is 3. The van der Waals surface area contributed by atoms with Crippen LogP contribution in [0.4, 0.5) is 11.4 Å². The molecule has 4 amide bonds. The van der Waals surface area contributed by atoms with Crippen molar-refractivity contribution in [3.63, 3.8) is 0 Å². The van der Waals surface area contributed by atoms with E-state index in [1.165, 1.54) is 0 Å². The molecule has 36 heavy (non-hydrogen) atoms. The zero-order chi connectivity index (χ0) is 25.4. The second-order valence-electron chi connectivity index (χ2n) is 9.46. The molecular formula is C25H23ClN4O6. The summed E-state index contributed by atoms with van der Waals surface area (Å²) in [6.07, 6.45) is 0.192. The van der Waals surface area contributed by atoms with Crippen LogP contribution in [0.3, 0.4) is 0 Å². The zero-order valence-corrected chi connectivity index (χ0v) is 20.1. The molecule has 0 aromatic heterocycles. The maximum Gasteiger partial charge on any atom is 0.250 e. The van der Waals surface area contributed by atoms with Gasteiger partial charge in [0, 0.05) is 29.1 Å². The predicted molar refractivity (Wildman–Crippen MR) is 129 cm³/mol. The molecule has 0 bridgehead atoms. The Morgan fingerprint density at radius 3 is 2.64 bits per heavy atom. The molecule has 0 saturated carbocycles. The first-order valence-electron chi connectivity index (χ1n) is 11.7. The maximum atomic E-state index is 14.0. The van der Waals surface area contributed by atoms with Crippen LogP contribution in [-0.2, 0) is 24.7 Å². The molecule has 4 heterocycles. The molecule has 2 saturated heterocycles. The van der Waals surface area contributed by atoms with Crippen molar-refractivity contribution in [1.29, 1.82) is 0 Å². The number of primary amides is 1. The lowest BCUT2D eigenvalue weighted by Gasteiger charge is -2.30. The van der Waals surface area contributed by atoms with E-state index in [9.17, 15) is 19.2 Å². The van der Waals surface area contributed by atoms with Crippen LogP contribution in [0.5, 0.6) is 11.5 Å². The van der Waals surface area contributed by atoms with Crippen LogP contribution in [0.25, 0.3) is 0 Å². The van der Waals surface area contributed by atoms with Gasteiger partial charge in [0.15, 0.2) is 11.5 Å². The number of fused-ring (bicyclic) bond motifs is 5. The summed E-state index contributed by atoms with van der Waals surface area (Å²) in [5.41, 5.74) is 5.97. The molecule has 2 aromatic rings. The minimum absolute atomic E-state index is 0.00339. The van der Waals surface area contributed by atoms with Crippen LogP contribution in [0.1, 0.15) is 24.0 Å². The number of rotatable bonds is 4. The monoisotopic (exact) mass is 510 g/mol. The quantitative estimate of drug-likeness (QED) is 0.531. The van der Waals surface area contributed by atoms with E-state index in [2.05, 4.69) is 10.6 Å². The SMILES string of the molecule is Cc1c(Cl)ccc2c1NC(=O)[C@@]21N[C@H](CCC(N)=O)[C@H]2C(=O)N(c3ccc4c(c3)OCCO4)C(=O)[C@H]21. The Morgan fingerprint density at radius 1 is 1.14 bits per heavy atom. The largest absolute Gasteiger partial charge is 0.486 e. The molecule has 4 N–H and O–H groups in total. The minimum Gasteiger partial charge on any atom is -0.486 e. The van der Waals surface area contributed by atoms with E-state index in [-0.39, 0.29) is 12.8 Å². The zero-order valence-electron chi connectivity index (χ0n) is 19.3. The van der Waals surface area contributed by atoms with E-state index < -0.39 is 47.0 Å². The highest BCUT2D eigenvalue weighted by Gasteiger charge is 2.70. The summed E-state index contributed by atoms with van der Waals surface area (Å²) in [4.78, 5) is 54.1. The first-order valence-corrected chi connectivity index (χ1v) is 12.1. The van der Waals surface area contributed by atoms with Gasteiger partial charge in [-0.2, -0.15) is 0 Å². The van der Waals surface area contributed by atoms with Gasteiger partial charge in [0.2, 0.25) is 23.6 Å². The van der Waals surface area contributed by atoms with Crippen molar-refractivity contribution in [2.75, 3.05) is 23.4 Å². The maximum absolute atomic E-state index is 14.0. The highest BCUT2D eigenvalue weighted by Crippen LogP contribution is 2.55. The number of ether oxygens (including phenoxy) is 2. The Balaban J connectivity index is 1.47. The molecule has 1 spiro atoms. The van der Waals surface area contributed by atoms with Gasteiger partial charge >= 0.3 is 0 Å². The molecular weight excluding hydrogens is 488 g/mol. The fourth-order valence-corrected chi connectivity index (χ4v) is 6.12. The predicted octanol–water partition coefficient (Wildman–Crippen LogP) is 1.61. The van der Waals surface area contributed by atoms with E-state index in [0.717, 1.165) is 4.90 Å². The third-order valence-electron chi connectivity index (χ3n) is 7.57. The third kappa shape index (κ3) is 3.00. The Morgan fingerprint density at radius 2 is 1.89 bits per heavy atom. The minimum atomic E-state index is -1.49. The van der Waals surface area contributed by atoms with Crippen molar-refractivity contribution < 1.29 is 28.7 Å². The summed E-state index contributed by atoms with van der Waals surface area (Å²) in [6, 6.07) is 7.61. The van der Waals surface area contributed by atoms with E-state index in [1.807, 2.05) is 0 Å². The van der Waals surface area contributed by atoms with Crippen molar-refractivity contribution in [3.8, 4) is 11.5 Å². The summed E-state index contributed by atoms with van der Waals surface area (Å²) >= 11 is 6.30.